The molecule has 0 spiro atoms. The summed E-state index contributed by atoms with van der Waals surface area (Å²) in [5.41, 5.74) is 13.8. The number of nitrogens with two attached hydrogens (primary N) is 2. The molecule has 120 valence electrons. The average Bonchev–Trinajstić information content (AvgIpc) is 2.52. The molecule has 8 heteroatoms. The van der Waals surface area contributed by atoms with Gasteiger partial charge >= 0.3 is 0 Å². The van der Waals surface area contributed by atoms with E-state index in [4.69, 9.17) is 16.2 Å². The lowest BCUT2D eigenvalue weighted by Gasteiger charge is -2.22. The van der Waals surface area contributed by atoms with E-state index in [1.54, 1.807) is 19.2 Å². The van der Waals surface area contributed by atoms with Crippen LogP contribution in [0.3, 0.4) is 0 Å². The van der Waals surface area contributed by atoms with Gasteiger partial charge in [-0.3, -0.25) is 4.99 Å². The number of nitrogen functional groups attached to an aromatic ring is 2. The summed E-state index contributed by atoms with van der Waals surface area (Å²) in [5.74, 6) is 0.632. The highest BCUT2D eigenvalue weighted by atomic mass is 32.2. The summed E-state index contributed by atoms with van der Waals surface area (Å²) in [6, 6.07) is 4.81. The normalized spacial score (nSPS) is 15.2. The summed E-state index contributed by atoms with van der Waals surface area (Å²) in [6.45, 7) is 0. The van der Waals surface area contributed by atoms with Crippen molar-refractivity contribution in [3.05, 3.63) is 34.9 Å². The van der Waals surface area contributed by atoms with E-state index >= 15 is 0 Å². The summed E-state index contributed by atoms with van der Waals surface area (Å²) in [5, 5.41) is -0.0848. The molecular formula is C15H16N4O3S. The molecular weight excluding hydrogens is 316 g/mol. The van der Waals surface area contributed by atoms with Crippen molar-refractivity contribution in [1.82, 2.24) is 4.98 Å². The third kappa shape index (κ3) is 2.22. The van der Waals surface area contributed by atoms with Gasteiger partial charge in [0.05, 0.1) is 23.3 Å². The van der Waals surface area contributed by atoms with Gasteiger partial charge in [0.25, 0.3) is 0 Å². The monoisotopic (exact) mass is 332 g/mol. The Morgan fingerprint density at radius 1 is 1.35 bits per heavy atom. The minimum atomic E-state index is -3.77. The lowest BCUT2D eigenvalue weighted by Crippen LogP contribution is -2.20. The van der Waals surface area contributed by atoms with Crippen LogP contribution in [0.4, 0.5) is 11.5 Å². The molecule has 0 saturated heterocycles. The minimum absolute atomic E-state index is 0.0485. The number of hydrogen-bond acceptors (Lipinski definition) is 7. The van der Waals surface area contributed by atoms with E-state index in [2.05, 4.69) is 9.98 Å². The number of rotatable bonds is 2. The summed E-state index contributed by atoms with van der Waals surface area (Å²) in [4.78, 5) is 8.17. The molecule has 4 N–H and O–H groups in total. The van der Waals surface area contributed by atoms with E-state index < -0.39 is 9.84 Å². The predicted molar refractivity (Wildman–Crippen MR) is 87.8 cm³/mol. The number of pyridine rings is 1. The molecule has 2 aromatic rings. The molecule has 0 unspecified atom stereocenters. The molecule has 0 amide bonds. The summed E-state index contributed by atoms with van der Waals surface area (Å²) in [6.07, 6.45) is 1.82. The number of aliphatic imine (C=N–C) groups is 1. The summed E-state index contributed by atoms with van der Waals surface area (Å²) < 4.78 is 30.8. The minimum Gasteiger partial charge on any atom is -0.497 e. The Hall–Kier alpha value is -2.61. The van der Waals surface area contributed by atoms with Gasteiger partial charge in [0, 0.05) is 25.2 Å². The maximum absolute atomic E-state index is 12.8. The Balaban J connectivity index is 2.31. The number of fused-ring (bicyclic) bond motifs is 2. The van der Waals surface area contributed by atoms with E-state index in [9.17, 15) is 8.42 Å². The van der Waals surface area contributed by atoms with Gasteiger partial charge in [0.2, 0.25) is 9.84 Å². The maximum atomic E-state index is 12.8. The van der Waals surface area contributed by atoms with Crippen molar-refractivity contribution in [2.75, 3.05) is 25.6 Å². The molecule has 0 atom stereocenters. The van der Waals surface area contributed by atoms with Crippen molar-refractivity contribution in [2.45, 2.75) is 16.3 Å². The number of aromatic nitrogens is 1. The van der Waals surface area contributed by atoms with Crippen LogP contribution in [0.1, 0.15) is 16.7 Å². The van der Waals surface area contributed by atoms with Gasteiger partial charge in [0.1, 0.15) is 11.6 Å². The number of anilines is 2. The number of sulfone groups is 1. The van der Waals surface area contributed by atoms with Gasteiger partial charge in [-0.25, -0.2) is 13.4 Å². The van der Waals surface area contributed by atoms with Gasteiger partial charge in [-0.1, -0.05) is 0 Å². The van der Waals surface area contributed by atoms with Gasteiger partial charge in [-0.15, -0.1) is 0 Å². The Morgan fingerprint density at radius 2 is 2.09 bits per heavy atom. The second-order valence-electron chi connectivity index (χ2n) is 5.15. The summed E-state index contributed by atoms with van der Waals surface area (Å²) >= 11 is 0. The Kier molecular flexibility index (Phi) is 3.48. The second kappa shape index (κ2) is 5.24. The first kappa shape index (κ1) is 15.3. The maximum Gasteiger partial charge on any atom is 0.224 e. The number of hydrogen-bond donors (Lipinski definition) is 2. The van der Waals surface area contributed by atoms with Crippen LogP contribution in [0.2, 0.25) is 0 Å². The SMILES string of the molecule is CN=Cc1c(N)nc2c(c1N)Cc1cc(OC)ccc1S2(=O)=O. The topological polar surface area (TPSA) is 121 Å². The van der Waals surface area contributed by atoms with Crippen LogP contribution in [0.15, 0.2) is 33.1 Å². The van der Waals surface area contributed by atoms with Crippen molar-refractivity contribution in [3.8, 4) is 5.75 Å². The lowest BCUT2D eigenvalue weighted by atomic mass is 10.0. The van der Waals surface area contributed by atoms with E-state index in [0.717, 1.165) is 0 Å². The Labute approximate surface area is 133 Å². The molecule has 7 nitrogen and oxygen atoms in total. The van der Waals surface area contributed by atoms with E-state index in [0.29, 0.717) is 28.9 Å². The van der Waals surface area contributed by atoms with Crippen LogP contribution in [0, 0.1) is 0 Å². The molecule has 0 bridgehead atoms. The van der Waals surface area contributed by atoms with Crippen LogP contribution < -0.4 is 16.2 Å². The fourth-order valence-electron chi connectivity index (χ4n) is 2.69. The molecule has 0 radical (unpaired) electrons. The van der Waals surface area contributed by atoms with Crippen molar-refractivity contribution in [3.63, 3.8) is 0 Å². The number of methoxy groups -OCH3 is 1. The van der Waals surface area contributed by atoms with Gasteiger partial charge in [-0.2, -0.15) is 0 Å². The highest BCUT2D eigenvalue weighted by Gasteiger charge is 2.34. The lowest BCUT2D eigenvalue weighted by molar-refractivity contribution is 0.414. The van der Waals surface area contributed by atoms with Crippen LogP contribution in [-0.4, -0.2) is 33.8 Å². The largest absolute Gasteiger partial charge is 0.497 e. The van der Waals surface area contributed by atoms with Crippen molar-refractivity contribution < 1.29 is 13.2 Å². The first-order chi connectivity index (χ1) is 10.9. The first-order valence-corrected chi connectivity index (χ1v) is 8.30. The number of benzene rings is 1. The third-order valence-electron chi connectivity index (χ3n) is 3.81. The van der Waals surface area contributed by atoms with Crippen molar-refractivity contribution >= 4 is 27.6 Å². The van der Waals surface area contributed by atoms with Gasteiger partial charge in [-0.05, 0) is 23.8 Å². The van der Waals surface area contributed by atoms with Crippen LogP contribution in [0.25, 0.3) is 0 Å². The number of ether oxygens (including phenoxy) is 1. The van der Waals surface area contributed by atoms with E-state index in [1.165, 1.54) is 19.4 Å². The van der Waals surface area contributed by atoms with Crippen LogP contribution >= 0.6 is 0 Å². The quantitative estimate of drug-likeness (QED) is 0.676. The molecule has 23 heavy (non-hydrogen) atoms. The Bertz CT molecular complexity index is 936. The van der Waals surface area contributed by atoms with E-state index in [1.807, 2.05) is 0 Å². The van der Waals surface area contributed by atoms with Crippen LogP contribution in [0.5, 0.6) is 5.75 Å². The second-order valence-corrected chi connectivity index (χ2v) is 6.98. The molecule has 1 aromatic carbocycles. The summed E-state index contributed by atoms with van der Waals surface area (Å²) in [7, 11) is -0.668. The van der Waals surface area contributed by atoms with Gasteiger partial charge in [0.15, 0.2) is 5.03 Å². The number of nitrogens with zero attached hydrogens (tertiary/aromatic N) is 2. The van der Waals surface area contributed by atoms with Gasteiger partial charge < -0.3 is 16.2 Å². The highest BCUT2D eigenvalue weighted by Crippen LogP contribution is 2.39. The van der Waals surface area contributed by atoms with Crippen molar-refractivity contribution in [1.29, 1.82) is 0 Å². The molecule has 0 saturated carbocycles. The molecule has 1 aliphatic rings. The predicted octanol–water partition coefficient (Wildman–Crippen LogP) is 1.04. The van der Waals surface area contributed by atoms with Crippen molar-refractivity contribution in [2.24, 2.45) is 4.99 Å². The molecule has 2 heterocycles. The highest BCUT2D eigenvalue weighted by molar-refractivity contribution is 7.91. The molecule has 3 rings (SSSR count). The first-order valence-electron chi connectivity index (χ1n) is 6.82. The fraction of sp³-hybridized carbons (Fsp3) is 0.200. The Morgan fingerprint density at radius 3 is 2.74 bits per heavy atom. The standard InChI is InChI=1S/C15H16N4O3S/c1-18-7-11-13(16)10-6-8-5-9(22-2)3-4-12(8)23(20,21)15(10)19-14(11)17/h3-5,7H,6H2,1-2H3,(H4,16,17,19). The zero-order valence-electron chi connectivity index (χ0n) is 12.7. The average molecular weight is 332 g/mol. The van der Waals surface area contributed by atoms with E-state index in [-0.39, 0.29) is 21.4 Å². The van der Waals surface area contributed by atoms with Crippen LogP contribution in [-0.2, 0) is 16.3 Å². The molecule has 1 aliphatic heterocycles. The molecule has 1 aromatic heterocycles. The molecule has 0 aliphatic carbocycles. The fourth-order valence-corrected chi connectivity index (χ4v) is 4.35. The molecule has 0 fully saturated rings. The zero-order valence-corrected chi connectivity index (χ0v) is 13.5. The smallest absolute Gasteiger partial charge is 0.224 e. The zero-order chi connectivity index (χ0) is 16.8. The third-order valence-corrected chi connectivity index (χ3v) is 5.63.